The van der Waals surface area contributed by atoms with Crippen LogP contribution in [0.25, 0.3) is 0 Å². The third kappa shape index (κ3) is 3.32. The smallest absolute Gasteiger partial charge is 0.306 e. The van der Waals surface area contributed by atoms with Crippen LogP contribution in [0.2, 0.25) is 0 Å². The van der Waals surface area contributed by atoms with Crippen molar-refractivity contribution in [3.05, 3.63) is 35.4 Å². The minimum Gasteiger partial charge on any atom is -0.481 e. The van der Waals surface area contributed by atoms with E-state index in [0.29, 0.717) is 25.2 Å². The van der Waals surface area contributed by atoms with E-state index in [4.69, 9.17) is 5.11 Å². The Morgan fingerprint density at radius 3 is 2.55 bits per heavy atom. The Labute approximate surface area is 130 Å². The molecule has 0 aromatic heterocycles. The van der Waals surface area contributed by atoms with Crippen molar-refractivity contribution in [2.75, 3.05) is 0 Å². The van der Waals surface area contributed by atoms with Crippen LogP contribution in [-0.4, -0.2) is 23.0 Å². The Bertz CT molecular complexity index is 561. The van der Waals surface area contributed by atoms with E-state index >= 15 is 0 Å². The number of hydrogen-bond acceptors (Lipinski definition) is 2. The van der Waals surface area contributed by atoms with Gasteiger partial charge in [0.15, 0.2) is 0 Å². The molecule has 1 amide bonds. The summed E-state index contributed by atoms with van der Waals surface area (Å²) in [6, 6.07) is 8.54. The number of carboxylic acids is 1. The van der Waals surface area contributed by atoms with Gasteiger partial charge in [-0.15, -0.1) is 0 Å². The number of fused-ring (bicyclic) bond motifs is 1. The molecule has 3 rings (SSSR count). The van der Waals surface area contributed by atoms with E-state index in [2.05, 4.69) is 23.5 Å². The summed E-state index contributed by atoms with van der Waals surface area (Å²) in [4.78, 5) is 23.2. The molecule has 1 atom stereocenters. The molecule has 0 spiro atoms. The predicted octanol–water partition coefficient (Wildman–Crippen LogP) is 2.87. The fourth-order valence-corrected chi connectivity index (χ4v) is 3.85. The van der Waals surface area contributed by atoms with Crippen molar-refractivity contribution in [1.29, 1.82) is 0 Å². The highest BCUT2D eigenvalue weighted by molar-refractivity contribution is 5.77. The molecule has 1 aromatic rings. The number of aryl methyl sites for hydroxylation is 1. The molecule has 0 bridgehead atoms. The molecule has 118 valence electrons. The van der Waals surface area contributed by atoms with Crippen LogP contribution in [0.15, 0.2) is 24.3 Å². The van der Waals surface area contributed by atoms with Gasteiger partial charge in [-0.1, -0.05) is 24.3 Å². The van der Waals surface area contributed by atoms with Crippen molar-refractivity contribution in [2.24, 2.45) is 5.92 Å². The minimum atomic E-state index is -0.702. The summed E-state index contributed by atoms with van der Waals surface area (Å²) in [5.41, 5.74) is 2.70. The number of aliphatic carboxylic acids is 1. The third-order valence-electron chi connectivity index (χ3n) is 5.13. The molecule has 2 aliphatic rings. The van der Waals surface area contributed by atoms with Crippen LogP contribution in [-0.2, 0) is 16.0 Å². The van der Waals surface area contributed by atoms with Gasteiger partial charge in [-0.25, -0.2) is 0 Å². The molecule has 1 aromatic carbocycles. The molecule has 2 aliphatic carbocycles. The van der Waals surface area contributed by atoms with Gasteiger partial charge in [-0.05, 0) is 55.6 Å². The van der Waals surface area contributed by atoms with E-state index in [9.17, 15) is 9.59 Å². The molecule has 0 saturated heterocycles. The number of carboxylic acid groups (broad SMARTS) is 1. The Balaban J connectivity index is 1.49. The van der Waals surface area contributed by atoms with Crippen LogP contribution in [0, 0.1) is 5.92 Å². The highest BCUT2D eigenvalue weighted by Gasteiger charge is 2.28. The van der Waals surface area contributed by atoms with Crippen LogP contribution in [0.5, 0.6) is 0 Å². The van der Waals surface area contributed by atoms with Gasteiger partial charge in [0, 0.05) is 12.5 Å². The summed E-state index contributed by atoms with van der Waals surface area (Å²) in [5, 5.41) is 12.1. The van der Waals surface area contributed by atoms with Crippen molar-refractivity contribution in [2.45, 2.75) is 56.9 Å². The lowest BCUT2D eigenvalue weighted by atomic mass is 9.86. The van der Waals surface area contributed by atoms with Crippen LogP contribution in [0.3, 0.4) is 0 Å². The zero-order valence-electron chi connectivity index (χ0n) is 12.8. The van der Waals surface area contributed by atoms with Crippen LogP contribution in [0.4, 0.5) is 0 Å². The summed E-state index contributed by atoms with van der Waals surface area (Å²) < 4.78 is 0. The van der Waals surface area contributed by atoms with Crippen molar-refractivity contribution in [1.82, 2.24) is 5.32 Å². The second kappa shape index (κ2) is 6.51. The lowest BCUT2D eigenvalue weighted by molar-refractivity contribution is -0.142. The molecule has 0 aliphatic heterocycles. The van der Waals surface area contributed by atoms with Gasteiger partial charge in [0.1, 0.15) is 0 Å². The highest BCUT2D eigenvalue weighted by atomic mass is 16.4. The number of carbonyl (C=O) groups excluding carboxylic acids is 1. The van der Waals surface area contributed by atoms with Gasteiger partial charge in [0.2, 0.25) is 5.91 Å². The van der Waals surface area contributed by atoms with E-state index < -0.39 is 5.97 Å². The lowest BCUT2D eigenvalue weighted by Gasteiger charge is -2.27. The summed E-state index contributed by atoms with van der Waals surface area (Å²) in [7, 11) is 0. The summed E-state index contributed by atoms with van der Waals surface area (Å²) in [6.45, 7) is 0. The maximum atomic E-state index is 12.3. The molecule has 0 heterocycles. The first kappa shape index (κ1) is 15.1. The number of amides is 1. The number of benzene rings is 1. The average molecular weight is 301 g/mol. The predicted molar refractivity (Wildman–Crippen MR) is 83.6 cm³/mol. The van der Waals surface area contributed by atoms with E-state index in [1.165, 1.54) is 11.1 Å². The van der Waals surface area contributed by atoms with Gasteiger partial charge < -0.3 is 10.4 Å². The molecule has 1 fully saturated rings. The zero-order chi connectivity index (χ0) is 15.5. The number of rotatable bonds is 4. The largest absolute Gasteiger partial charge is 0.481 e. The van der Waals surface area contributed by atoms with Crippen molar-refractivity contribution >= 4 is 11.9 Å². The van der Waals surface area contributed by atoms with Gasteiger partial charge >= 0.3 is 5.97 Å². The van der Waals surface area contributed by atoms with E-state index in [1.54, 1.807) is 0 Å². The highest BCUT2D eigenvalue weighted by Crippen LogP contribution is 2.35. The molecular weight excluding hydrogens is 278 g/mol. The quantitative estimate of drug-likeness (QED) is 0.898. The average Bonchev–Trinajstić information content (AvgIpc) is 2.91. The first-order chi connectivity index (χ1) is 10.6. The van der Waals surface area contributed by atoms with Crippen LogP contribution in [0.1, 0.15) is 55.6 Å². The van der Waals surface area contributed by atoms with E-state index in [0.717, 1.165) is 25.7 Å². The molecule has 0 unspecified atom stereocenters. The van der Waals surface area contributed by atoms with Crippen molar-refractivity contribution in [3.8, 4) is 0 Å². The first-order valence-corrected chi connectivity index (χ1v) is 8.23. The van der Waals surface area contributed by atoms with Crippen molar-refractivity contribution < 1.29 is 14.7 Å². The lowest BCUT2D eigenvalue weighted by Crippen LogP contribution is -2.39. The Morgan fingerprint density at radius 1 is 1.09 bits per heavy atom. The van der Waals surface area contributed by atoms with Gasteiger partial charge in [0.25, 0.3) is 0 Å². The number of hydrogen-bond donors (Lipinski definition) is 2. The normalized spacial score (nSPS) is 27.2. The molecule has 4 heteroatoms. The molecular formula is C18H23NO3. The van der Waals surface area contributed by atoms with Crippen molar-refractivity contribution in [3.63, 3.8) is 0 Å². The fraction of sp³-hybridized carbons (Fsp3) is 0.556. The van der Waals surface area contributed by atoms with Crippen LogP contribution < -0.4 is 5.32 Å². The standard InChI is InChI=1S/C18H23NO3/c20-17(19-15-9-7-13(8-10-15)18(21)22)11-14-6-5-12-3-1-2-4-16(12)14/h1-4,13-15H,5-11H2,(H,19,20)(H,21,22)/t13?,14-,15?/m1/s1. The molecule has 2 N–H and O–H groups in total. The molecule has 4 nitrogen and oxygen atoms in total. The van der Waals surface area contributed by atoms with Gasteiger partial charge in [0.05, 0.1) is 5.92 Å². The SMILES string of the molecule is O=C(C[C@H]1CCc2ccccc21)NC1CCC(C(=O)O)CC1. The van der Waals surface area contributed by atoms with Crippen LogP contribution >= 0.6 is 0 Å². The maximum absolute atomic E-state index is 12.3. The van der Waals surface area contributed by atoms with E-state index in [-0.39, 0.29) is 17.9 Å². The molecule has 22 heavy (non-hydrogen) atoms. The third-order valence-corrected chi connectivity index (χ3v) is 5.13. The van der Waals surface area contributed by atoms with E-state index in [1.807, 2.05) is 6.07 Å². The van der Waals surface area contributed by atoms with Gasteiger partial charge in [-0.2, -0.15) is 0 Å². The summed E-state index contributed by atoms with van der Waals surface area (Å²) in [5.74, 6) is -0.478. The second-order valence-corrected chi connectivity index (χ2v) is 6.59. The summed E-state index contributed by atoms with van der Waals surface area (Å²) in [6.07, 6.45) is 5.58. The number of nitrogens with one attached hydrogen (secondary N) is 1. The second-order valence-electron chi connectivity index (χ2n) is 6.59. The maximum Gasteiger partial charge on any atom is 0.306 e. The topological polar surface area (TPSA) is 66.4 Å². The summed E-state index contributed by atoms with van der Waals surface area (Å²) >= 11 is 0. The molecule has 0 radical (unpaired) electrons. The molecule has 1 saturated carbocycles. The van der Waals surface area contributed by atoms with Gasteiger partial charge in [-0.3, -0.25) is 9.59 Å². The Hall–Kier alpha value is -1.84. The monoisotopic (exact) mass is 301 g/mol. The fourth-order valence-electron chi connectivity index (χ4n) is 3.85. The zero-order valence-corrected chi connectivity index (χ0v) is 12.8. The Morgan fingerprint density at radius 2 is 1.82 bits per heavy atom. The minimum absolute atomic E-state index is 0.112. The number of carbonyl (C=O) groups is 2. The Kier molecular flexibility index (Phi) is 4.46. The first-order valence-electron chi connectivity index (χ1n) is 8.23.